The van der Waals surface area contributed by atoms with Crippen molar-refractivity contribution in [1.29, 1.82) is 0 Å². The number of benzene rings is 3. The van der Waals surface area contributed by atoms with Gasteiger partial charge in [0.1, 0.15) is 0 Å². The first-order valence-electron chi connectivity index (χ1n) is 12.2. The summed E-state index contributed by atoms with van der Waals surface area (Å²) in [5.41, 5.74) is 4.52. The number of hydrogen-bond donors (Lipinski definition) is 1. The number of amides is 2. The van der Waals surface area contributed by atoms with Crippen molar-refractivity contribution in [1.82, 2.24) is 5.32 Å². The Morgan fingerprint density at radius 3 is 2.37 bits per heavy atom. The maximum absolute atomic E-state index is 13.7. The monoisotopic (exact) mass is 487 g/mol. The van der Waals surface area contributed by atoms with Gasteiger partial charge in [0, 0.05) is 41.0 Å². The summed E-state index contributed by atoms with van der Waals surface area (Å²) in [6.45, 7) is 4.68. The van der Waals surface area contributed by atoms with Crippen LogP contribution in [-0.4, -0.2) is 24.4 Å². The molecule has 3 aromatic rings. The molecule has 0 radical (unpaired) electrons. The van der Waals surface area contributed by atoms with Crippen molar-refractivity contribution < 1.29 is 9.59 Å². The van der Waals surface area contributed by atoms with Gasteiger partial charge in [0.2, 0.25) is 5.91 Å². The van der Waals surface area contributed by atoms with Gasteiger partial charge in [0.05, 0.1) is 6.04 Å². The molecule has 35 heavy (non-hydrogen) atoms. The Balaban J connectivity index is 1.48. The van der Waals surface area contributed by atoms with Crippen molar-refractivity contribution >= 4 is 34.8 Å². The molecule has 0 saturated carbocycles. The second-order valence-electron chi connectivity index (χ2n) is 9.47. The van der Waals surface area contributed by atoms with Crippen molar-refractivity contribution in [3.05, 3.63) is 94.5 Å². The lowest BCUT2D eigenvalue weighted by molar-refractivity contribution is -0.117. The molecule has 2 heterocycles. The van der Waals surface area contributed by atoms with Crippen LogP contribution in [0.5, 0.6) is 0 Å². The highest BCUT2D eigenvalue weighted by Crippen LogP contribution is 2.43. The topological polar surface area (TPSA) is 52.7 Å². The van der Waals surface area contributed by atoms with Gasteiger partial charge in [-0.1, -0.05) is 41.9 Å². The number of carbonyl (C=O) groups excluding carboxylic acids is 2. The van der Waals surface area contributed by atoms with Crippen molar-refractivity contribution in [3.8, 4) is 0 Å². The summed E-state index contributed by atoms with van der Waals surface area (Å²) in [6.07, 6.45) is 2.95. The third kappa shape index (κ3) is 4.58. The van der Waals surface area contributed by atoms with Crippen LogP contribution in [-0.2, 0) is 4.79 Å². The molecule has 5 nitrogen and oxygen atoms in total. The van der Waals surface area contributed by atoms with E-state index in [1.54, 1.807) is 19.1 Å². The lowest BCUT2D eigenvalue weighted by Crippen LogP contribution is -2.47. The van der Waals surface area contributed by atoms with Crippen molar-refractivity contribution in [2.45, 2.75) is 51.2 Å². The first-order chi connectivity index (χ1) is 16.9. The maximum Gasteiger partial charge on any atom is 0.258 e. The fourth-order valence-electron chi connectivity index (χ4n) is 5.48. The minimum atomic E-state index is -0.181. The Kier molecular flexibility index (Phi) is 6.63. The number of nitrogens with one attached hydrogen (secondary N) is 1. The molecule has 0 aliphatic carbocycles. The fraction of sp³-hybridized carbons (Fsp3) is 0.310. The van der Waals surface area contributed by atoms with Crippen LogP contribution in [0.25, 0.3) is 0 Å². The summed E-state index contributed by atoms with van der Waals surface area (Å²) in [4.78, 5) is 30.3. The second-order valence-corrected chi connectivity index (χ2v) is 9.91. The molecule has 180 valence electrons. The smallest absolute Gasteiger partial charge is 0.258 e. The minimum Gasteiger partial charge on any atom is -0.310 e. The van der Waals surface area contributed by atoms with E-state index in [-0.39, 0.29) is 23.9 Å². The highest BCUT2D eigenvalue weighted by molar-refractivity contribution is 6.30. The van der Waals surface area contributed by atoms with Gasteiger partial charge in [-0.25, -0.2) is 0 Å². The quantitative estimate of drug-likeness (QED) is 0.470. The summed E-state index contributed by atoms with van der Waals surface area (Å²) in [5.74, 6) is -0.0644. The highest BCUT2D eigenvalue weighted by atomic mass is 35.5. The zero-order valence-electron chi connectivity index (χ0n) is 20.1. The summed E-state index contributed by atoms with van der Waals surface area (Å²) >= 11 is 6.09. The van der Waals surface area contributed by atoms with E-state index in [9.17, 15) is 9.59 Å². The summed E-state index contributed by atoms with van der Waals surface area (Å²) in [5, 5.41) is 4.14. The maximum atomic E-state index is 13.7. The molecule has 6 heteroatoms. The first-order valence-corrected chi connectivity index (χ1v) is 12.6. The molecule has 2 aliphatic rings. The lowest BCUT2D eigenvalue weighted by atomic mass is 9.89. The zero-order valence-corrected chi connectivity index (χ0v) is 20.8. The average molecular weight is 488 g/mol. The molecule has 0 bridgehead atoms. The molecule has 2 aliphatic heterocycles. The zero-order chi connectivity index (χ0) is 24.5. The summed E-state index contributed by atoms with van der Waals surface area (Å²) in [7, 11) is 0. The van der Waals surface area contributed by atoms with E-state index < -0.39 is 0 Å². The standard InChI is InChI=1S/C29H30ClN3O2/c1-19-18-28(33(20(2)34)24-15-13-23(30)14-16-24)25-6-3-4-8-27(25)32(19)29(35)22-11-9-21(10-12-22)26-7-5-17-31-26/h3-4,6,8-16,19,26,28,31H,5,7,17-18H2,1-2H3. The largest absolute Gasteiger partial charge is 0.310 e. The van der Waals surface area contributed by atoms with Gasteiger partial charge in [-0.05, 0) is 86.3 Å². The number of anilines is 2. The van der Waals surface area contributed by atoms with Gasteiger partial charge < -0.3 is 15.1 Å². The molecule has 1 saturated heterocycles. The number of halogens is 1. The average Bonchev–Trinajstić information content (AvgIpc) is 3.40. The Labute approximate surface area is 211 Å². The Hall–Kier alpha value is -3.15. The molecule has 3 atom stereocenters. The molecule has 2 amide bonds. The van der Waals surface area contributed by atoms with Gasteiger partial charge in [0.15, 0.2) is 0 Å². The van der Waals surface area contributed by atoms with Crippen LogP contribution in [0.1, 0.15) is 66.7 Å². The normalized spacial score (nSPS) is 21.5. The SMILES string of the molecule is CC(=O)N(c1ccc(Cl)cc1)C1CC(C)N(C(=O)c2ccc(C3CCCN3)cc2)c2ccccc21. The van der Waals surface area contributed by atoms with Crippen LogP contribution in [0.3, 0.4) is 0 Å². The third-order valence-electron chi connectivity index (χ3n) is 7.16. The molecule has 1 fully saturated rings. The highest BCUT2D eigenvalue weighted by Gasteiger charge is 2.38. The number of nitrogens with zero attached hydrogens (tertiary/aromatic N) is 2. The Morgan fingerprint density at radius 1 is 1.00 bits per heavy atom. The molecular formula is C29H30ClN3O2. The van der Waals surface area contributed by atoms with Gasteiger partial charge in [0.25, 0.3) is 5.91 Å². The van der Waals surface area contributed by atoms with Crippen molar-refractivity contribution in [2.75, 3.05) is 16.3 Å². The van der Waals surface area contributed by atoms with E-state index >= 15 is 0 Å². The van der Waals surface area contributed by atoms with Gasteiger partial charge in [-0.15, -0.1) is 0 Å². The van der Waals surface area contributed by atoms with E-state index in [2.05, 4.69) is 24.4 Å². The van der Waals surface area contributed by atoms with Crippen LogP contribution in [0.4, 0.5) is 11.4 Å². The molecule has 5 rings (SSSR count). The number of para-hydroxylation sites is 1. The first kappa shape index (κ1) is 23.6. The van der Waals surface area contributed by atoms with E-state index in [0.717, 1.165) is 29.9 Å². The van der Waals surface area contributed by atoms with Crippen LogP contribution < -0.4 is 15.1 Å². The number of rotatable bonds is 4. The van der Waals surface area contributed by atoms with Crippen LogP contribution in [0.2, 0.25) is 5.02 Å². The third-order valence-corrected chi connectivity index (χ3v) is 7.41. The molecule has 3 aromatic carbocycles. The van der Waals surface area contributed by atoms with Crippen LogP contribution >= 0.6 is 11.6 Å². The number of hydrogen-bond acceptors (Lipinski definition) is 3. The summed E-state index contributed by atoms with van der Waals surface area (Å²) < 4.78 is 0. The van der Waals surface area contributed by atoms with E-state index in [1.807, 2.05) is 58.3 Å². The molecule has 0 spiro atoms. The van der Waals surface area contributed by atoms with Crippen LogP contribution in [0, 0.1) is 0 Å². The summed E-state index contributed by atoms with van der Waals surface area (Å²) in [6, 6.07) is 23.4. The minimum absolute atomic E-state index is 0.0183. The molecule has 1 N–H and O–H groups in total. The van der Waals surface area contributed by atoms with E-state index in [0.29, 0.717) is 23.0 Å². The lowest BCUT2D eigenvalue weighted by Gasteiger charge is -2.43. The van der Waals surface area contributed by atoms with E-state index in [1.165, 1.54) is 12.0 Å². The molecule has 0 aromatic heterocycles. The Morgan fingerprint density at radius 2 is 1.71 bits per heavy atom. The number of carbonyl (C=O) groups is 2. The van der Waals surface area contributed by atoms with Gasteiger partial charge in [-0.3, -0.25) is 9.59 Å². The number of fused-ring (bicyclic) bond motifs is 1. The van der Waals surface area contributed by atoms with Gasteiger partial charge in [-0.2, -0.15) is 0 Å². The fourth-order valence-corrected chi connectivity index (χ4v) is 5.61. The van der Waals surface area contributed by atoms with E-state index in [4.69, 9.17) is 11.6 Å². The van der Waals surface area contributed by atoms with Crippen molar-refractivity contribution in [2.24, 2.45) is 0 Å². The predicted molar refractivity (Wildman–Crippen MR) is 141 cm³/mol. The van der Waals surface area contributed by atoms with Crippen LogP contribution in [0.15, 0.2) is 72.8 Å². The predicted octanol–water partition coefficient (Wildman–Crippen LogP) is 6.30. The van der Waals surface area contributed by atoms with Crippen molar-refractivity contribution in [3.63, 3.8) is 0 Å². The Bertz CT molecular complexity index is 1220. The second kappa shape index (κ2) is 9.84. The molecular weight excluding hydrogens is 458 g/mol. The van der Waals surface area contributed by atoms with Gasteiger partial charge >= 0.3 is 0 Å². The molecule has 3 unspecified atom stereocenters.